The summed E-state index contributed by atoms with van der Waals surface area (Å²) in [6, 6.07) is 14.4. The SMILES string of the molecule is CCC(CC(=O)O)c1ccc(N(CC2CC2)C(C)C)c(Nc2ccc(Cl)cc2)c1. The first-order valence-electron chi connectivity index (χ1n) is 10.5. The van der Waals surface area contributed by atoms with Gasteiger partial charge in [-0.1, -0.05) is 24.6 Å². The van der Waals surface area contributed by atoms with Crippen molar-refractivity contribution in [2.75, 3.05) is 16.8 Å². The lowest BCUT2D eigenvalue weighted by Gasteiger charge is -2.32. The highest BCUT2D eigenvalue weighted by Crippen LogP contribution is 2.38. The number of carboxylic acid groups (broad SMARTS) is 1. The molecule has 3 rings (SSSR count). The fraction of sp³-hybridized carbons (Fsp3) is 0.458. The number of hydrogen-bond acceptors (Lipinski definition) is 3. The van der Waals surface area contributed by atoms with Gasteiger partial charge in [0.2, 0.25) is 0 Å². The van der Waals surface area contributed by atoms with Crippen molar-refractivity contribution in [2.24, 2.45) is 5.92 Å². The molecule has 0 aliphatic heterocycles. The maximum absolute atomic E-state index is 11.3. The molecular formula is C24H31ClN2O2. The van der Waals surface area contributed by atoms with E-state index in [9.17, 15) is 9.90 Å². The van der Waals surface area contributed by atoms with Crippen LogP contribution in [0.15, 0.2) is 42.5 Å². The van der Waals surface area contributed by atoms with Crippen LogP contribution < -0.4 is 10.2 Å². The Morgan fingerprint density at radius 2 is 1.90 bits per heavy atom. The fourth-order valence-electron chi connectivity index (χ4n) is 3.72. The summed E-state index contributed by atoms with van der Waals surface area (Å²) in [5.41, 5.74) is 4.21. The zero-order valence-corrected chi connectivity index (χ0v) is 18.2. The van der Waals surface area contributed by atoms with Crippen LogP contribution >= 0.6 is 11.6 Å². The zero-order chi connectivity index (χ0) is 21.0. The summed E-state index contributed by atoms with van der Waals surface area (Å²) in [7, 11) is 0. The van der Waals surface area contributed by atoms with Crippen molar-refractivity contribution >= 4 is 34.6 Å². The summed E-state index contributed by atoms with van der Waals surface area (Å²) in [5.74, 6) is 0.0183. The number of anilines is 3. The van der Waals surface area contributed by atoms with Crippen LogP contribution in [0.4, 0.5) is 17.1 Å². The molecule has 0 aromatic heterocycles. The van der Waals surface area contributed by atoms with E-state index in [4.69, 9.17) is 11.6 Å². The van der Waals surface area contributed by atoms with Crippen LogP contribution in [-0.2, 0) is 4.79 Å². The molecule has 1 aliphatic rings. The van der Waals surface area contributed by atoms with Gasteiger partial charge in [0.05, 0.1) is 17.8 Å². The zero-order valence-electron chi connectivity index (χ0n) is 17.5. The second kappa shape index (κ2) is 9.53. The van der Waals surface area contributed by atoms with Crippen molar-refractivity contribution in [2.45, 2.75) is 58.4 Å². The Bertz CT molecular complexity index is 831. The topological polar surface area (TPSA) is 52.6 Å². The lowest BCUT2D eigenvalue weighted by Crippen LogP contribution is -2.33. The first-order valence-corrected chi connectivity index (χ1v) is 10.9. The minimum Gasteiger partial charge on any atom is -0.481 e. The Morgan fingerprint density at radius 3 is 2.45 bits per heavy atom. The third-order valence-corrected chi connectivity index (χ3v) is 5.87. The molecule has 0 saturated heterocycles. The Balaban J connectivity index is 1.98. The first kappa shape index (κ1) is 21.5. The number of aliphatic carboxylic acids is 1. The van der Waals surface area contributed by atoms with Crippen molar-refractivity contribution in [1.29, 1.82) is 0 Å². The van der Waals surface area contributed by atoms with Gasteiger partial charge in [0, 0.05) is 23.3 Å². The van der Waals surface area contributed by atoms with Gasteiger partial charge in [0.1, 0.15) is 0 Å². The molecule has 29 heavy (non-hydrogen) atoms. The maximum Gasteiger partial charge on any atom is 0.303 e. The lowest BCUT2D eigenvalue weighted by molar-refractivity contribution is -0.137. The number of carboxylic acids is 1. The fourth-order valence-corrected chi connectivity index (χ4v) is 3.85. The van der Waals surface area contributed by atoms with Gasteiger partial charge in [-0.3, -0.25) is 4.79 Å². The highest BCUT2D eigenvalue weighted by molar-refractivity contribution is 6.30. The second-order valence-corrected chi connectivity index (χ2v) is 8.74. The van der Waals surface area contributed by atoms with Crippen molar-refractivity contribution in [1.82, 2.24) is 0 Å². The van der Waals surface area contributed by atoms with Crippen molar-refractivity contribution in [3.05, 3.63) is 53.1 Å². The molecule has 4 nitrogen and oxygen atoms in total. The van der Waals surface area contributed by atoms with Crippen LogP contribution in [0.1, 0.15) is 57.9 Å². The normalized spacial score (nSPS) is 14.7. The molecule has 2 aromatic rings. The van der Waals surface area contributed by atoms with Crippen LogP contribution in [0.5, 0.6) is 0 Å². The van der Waals surface area contributed by atoms with Crippen LogP contribution in [0.2, 0.25) is 5.02 Å². The molecule has 0 radical (unpaired) electrons. The largest absolute Gasteiger partial charge is 0.481 e. The summed E-state index contributed by atoms with van der Waals surface area (Å²) in [5, 5.41) is 13.5. The van der Waals surface area contributed by atoms with E-state index in [-0.39, 0.29) is 12.3 Å². The summed E-state index contributed by atoms with van der Waals surface area (Å²) in [6.45, 7) is 7.54. The van der Waals surface area contributed by atoms with Crippen LogP contribution in [-0.4, -0.2) is 23.7 Å². The average molecular weight is 415 g/mol. The van der Waals surface area contributed by atoms with Gasteiger partial charge in [-0.2, -0.15) is 0 Å². The van der Waals surface area contributed by atoms with Crippen LogP contribution in [0.3, 0.4) is 0 Å². The molecule has 156 valence electrons. The Kier molecular flexibility index (Phi) is 7.07. The molecule has 1 saturated carbocycles. The Labute approximate surface area is 178 Å². The average Bonchev–Trinajstić information content (AvgIpc) is 3.50. The van der Waals surface area contributed by atoms with E-state index in [0.29, 0.717) is 11.1 Å². The summed E-state index contributed by atoms with van der Waals surface area (Å²) >= 11 is 6.04. The van der Waals surface area contributed by atoms with Gasteiger partial charge in [-0.15, -0.1) is 0 Å². The highest BCUT2D eigenvalue weighted by Gasteiger charge is 2.27. The first-order chi connectivity index (χ1) is 13.9. The second-order valence-electron chi connectivity index (χ2n) is 8.30. The number of halogens is 1. The van der Waals surface area contributed by atoms with Gasteiger partial charge >= 0.3 is 5.97 Å². The van der Waals surface area contributed by atoms with E-state index in [2.05, 4.69) is 42.3 Å². The molecular weight excluding hydrogens is 384 g/mol. The molecule has 1 aliphatic carbocycles. The minimum absolute atomic E-state index is 0.00301. The summed E-state index contributed by atoms with van der Waals surface area (Å²) in [6.07, 6.45) is 3.55. The van der Waals surface area contributed by atoms with E-state index in [1.807, 2.05) is 31.2 Å². The minimum atomic E-state index is -0.759. The molecule has 2 aromatic carbocycles. The molecule has 1 fully saturated rings. The monoisotopic (exact) mass is 414 g/mol. The van der Waals surface area contributed by atoms with Gasteiger partial charge in [0.15, 0.2) is 0 Å². The summed E-state index contributed by atoms with van der Waals surface area (Å²) in [4.78, 5) is 13.8. The number of hydrogen-bond donors (Lipinski definition) is 2. The Morgan fingerprint density at radius 1 is 1.21 bits per heavy atom. The quantitative estimate of drug-likeness (QED) is 0.455. The molecule has 1 unspecified atom stereocenters. The molecule has 0 spiro atoms. The predicted molar refractivity (Wildman–Crippen MR) is 122 cm³/mol. The van der Waals surface area contributed by atoms with E-state index < -0.39 is 5.97 Å². The molecule has 2 N–H and O–H groups in total. The van der Waals surface area contributed by atoms with Crippen molar-refractivity contribution in [3.8, 4) is 0 Å². The van der Waals surface area contributed by atoms with Gasteiger partial charge in [-0.05, 0) is 86.9 Å². The molecule has 0 bridgehead atoms. The number of benzene rings is 2. The molecule has 0 amide bonds. The third-order valence-electron chi connectivity index (χ3n) is 5.61. The molecule has 0 heterocycles. The predicted octanol–water partition coefficient (Wildman–Crippen LogP) is 6.68. The van der Waals surface area contributed by atoms with E-state index in [0.717, 1.165) is 41.5 Å². The maximum atomic E-state index is 11.3. The molecule has 5 heteroatoms. The van der Waals surface area contributed by atoms with Gasteiger partial charge < -0.3 is 15.3 Å². The highest BCUT2D eigenvalue weighted by atomic mass is 35.5. The van der Waals surface area contributed by atoms with Crippen LogP contribution in [0.25, 0.3) is 0 Å². The Hall–Kier alpha value is -2.20. The van der Waals surface area contributed by atoms with Gasteiger partial charge in [-0.25, -0.2) is 0 Å². The standard InChI is InChI=1S/C24H31ClN2O2/c1-4-18(14-24(28)29)19-7-12-23(27(16(2)3)15-17-5-6-17)22(13-19)26-21-10-8-20(25)9-11-21/h7-13,16-18,26H,4-6,14-15H2,1-3H3,(H,28,29). The number of nitrogens with zero attached hydrogens (tertiary/aromatic N) is 1. The van der Waals surface area contributed by atoms with Crippen LogP contribution in [0, 0.1) is 5.92 Å². The number of rotatable bonds is 10. The summed E-state index contributed by atoms with van der Waals surface area (Å²) < 4.78 is 0. The van der Waals surface area contributed by atoms with Gasteiger partial charge in [0.25, 0.3) is 0 Å². The number of nitrogens with one attached hydrogen (secondary N) is 1. The van der Waals surface area contributed by atoms with E-state index in [1.54, 1.807) is 0 Å². The third kappa shape index (κ3) is 5.89. The van der Waals surface area contributed by atoms with E-state index >= 15 is 0 Å². The van der Waals surface area contributed by atoms with Crippen molar-refractivity contribution in [3.63, 3.8) is 0 Å². The number of carbonyl (C=O) groups is 1. The smallest absolute Gasteiger partial charge is 0.303 e. The van der Waals surface area contributed by atoms with E-state index in [1.165, 1.54) is 12.8 Å². The van der Waals surface area contributed by atoms with Crippen molar-refractivity contribution < 1.29 is 9.90 Å². The molecule has 1 atom stereocenters. The lowest BCUT2D eigenvalue weighted by atomic mass is 9.92.